The summed E-state index contributed by atoms with van der Waals surface area (Å²) in [5.41, 5.74) is -0.238. The van der Waals surface area contributed by atoms with Gasteiger partial charge in [0.05, 0.1) is 21.9 Å². The first-order chi connectivity index (χ1) is 11.7. The van der Waals surface area contributed by atoms with Crippen molar-refractivity contribution in [2.24, 2.45) is 5.14 Å². The highest BCUT2D eigenvalue weighted by Crippen LogP contribution is 2.36. The summed E-state index contributed by atoms with van der Waals surface area (Å²) in [4.78, 5) is 0.0772. The molecule has 0 unspecified atom stereocenters. The smallest absolute Gasteiger partial charge is 0.399 e. The fourth-order valence-electron chi connectivity index (χ4n) is 2.35. The Morgan fingerprint density at radius 2 is 1.50 bits per heavy atom. The molecule has 1 saturated heterocycles. The summed E-state index contributed by atoms with van der Waals surface area (Å²) >= 11 is 0. The molecule has 11 heteroatoms. The Morgan fingerprint density at radius 1 is 1.00 bits per heavy atom. The van der Waals surface area contributed by atoms with Crippen molar-refractivity contribution in [2.45, 2.75) is 50.2 Å². The van der Waals surface area contributed by atoms with E-state index in [1.165, 1.54) is 12.1 Å². The zero-order valence-corrected chi connectivity index (χ0v) is 17.0. The molecule has 0 aromatic heterocycles. The highest BCUT2D eigenvalue weighted by Gasteiger charge is 2.51. The van der Waals surface area contributed by atoms with Crippen molar-refractivity contribution < 1.29 is 26.1 Å². The summed E-state index contributed by atoms with van der Waals surface area (Å²) in [6, 6.07) is 6.20. The first-order valence-electron chi connectivity index (χ1n) is 8.19. The molecule has 0 radical (unpaired) electrons. The van der Waals surface area contributed by atoms with Crippen LogP contribution in [0.2, 0.25) is 0 Å². The molecule has 26 heavy (non-hydrogen) atoms. The largest absolute Gasteiger partial charge is 0.494 e. The second kappa shape index (κ2) is 7.21. The molecule has 0 amide bonds. The molecule has 1 aliphatic rings. The van der Waals surface area contributed by atoms with Gasteiger partial charge in [-0.25, -0.2) is 26.7 Å². The molecule has 1 aromatic carbocycles. The van der Waals surface area contributed by atoms with Crippen LogP contribution < -0.4 is 15.3 Å². The molecule has 2 rings (SSSR count). The SMILES string of the molecule is CC1(C)OB(c2ccc(S(=O)(=O)NCCCS(N)(=O)=O)cc2)OC1(C)C. The predicted octanol–water partition coefficient (Wildman–Crippen LogP) is -0.0573. The van der Waals surface area contributed by atoms with Gasteiger partial charge < -0.3 is 9.31 Å². The van der Waals surface area contributed by atoms with Gasteiger partial charge in [-0.2, -0.15) is 0 Å². The fourth-order valence-corrected chi connectivity index (χ4v) is 3.97. The number of benzene rings is 1. The summed E-state index contributed by atoms with van der Waals surface area (Å²) in [7, 11) is -7.90. The van der Waals surface area contributed by atoms with Gasteiger partial charge in [-0.1, -0.05) is 12.1 Å². The maximum atomic E-state index is 12.2. The lowest BCUT2D eigenvalue weighted by Crippen LogP contribution is -2.41. The van der Waals surface area contributed by atoms with Crippen LogP contribution in [0.1, 0.15) is 34.1 Å². The Morgan fingerprint density at radius 3 is 1.96 bits per heavy atom. The van der Waals surface area contributed by atoms with E-state index in [1.807, 2.05) is 27.7 Å². The van der Waals surface area contributed by atoms with E-state index in [1.54, 1.807) is 12.1 Å². The molecular formula is C15H25BN2O6S2. The first kappa shape index (κ1) is 21.3. The van der Waals surface area contributed by atoms with Gasteiger partial charge in [0, 0.05) is 6.54 Å². The van der Waals surface area contributed by atoms with E-state index in [9.17, 15) is 16.8 Å². The third kappa shape index (κ3) is 5.05. The number of nitrogens with two attached hydrogens (primary N) is 1. The average Bonchev–Trinajstić information content (AvgIpc) is 2.71. The van der Waals surface area contributed by atoms with Crippen molar-refractivity contribution in [2.75, 3.05) is 12.3 Å². The van der Waals surface area contributed by atoms with Gasteiger partial charge in [-0.05, 0) is 51.7 Å². The maximum Gasteiger partial charge on any atom is 0.494 e. The van der Waals surface area contributed by atoms with E-state index in [4.69, 9.17) is 14.4 Å². The van der Waals surface area contributed by atoms with Crippen molar-refractivity contribution in [3.63, 3.8) is 0 Å². The molecule has 1 heterocycles. The zero-order valence-electron chi connectivity index (χ0n) is 15.4. The van der Waals surface area contributed by atoms with E-state index < -0.39 is 38.4 Å². The Bertz CT molecular complexity index is 835. The molecule has 0 bridgehead atoms. The quantitative estimate of drug-likeness (QED) is 0.485. The third-order valence-corrected chi connectivity index (χ3v) is 6.95. The summed E-state index contributed by atoms with van der Waals surface area (Å²) in [6.07, 6.45) is 0.101. The number of hydrogen-bond donors (Lipinski definition) is 2. The molecule has 0 spiro atoms. The molecule has 0 atom stereocenters. The molecule has 1 fully saturated rings. The van der Waals surface area contributed by atoms with Crippen LogP contribution in [0.3, 0.4) is 0 Å². The van der Waals surface area contributed by atoms with Crippen molar-refractivity contribution in [3.05, 3.63) is 24.3 Å². The predicted molar refractivity (Wildman–Crippen MR) is 99.9 cm³/mol. The summed E-state index contributed by atoms with van der Waals surface area (Å²) in [5.74, 6) is -0.281. The number of sulfonamides is 2. The van der Waals surface area contributed by atoms with Gasteiger partial charge in [0.1, 0.15) is 0 Å². The lowest BCUT2D eigenvalue weighted by molar-refractivity contribution is 0.00578. The minimum Gasteiger partial charge on any atom is -0.399 e. The minimum absolute atomic E-state index is 0.0161. The van der Waals surface area contributed by atoms with Crippen LogP contribution in [-0.4, -0.2) is 47.5 Å². The molecule has 0 saturated carbocycles. The van der Waals surface area contributed by atoms with Gasteiger partial charge >= 0.3 is 7.12 Å². The molecule has 1 aromatic rings. The second-order valence-electron chi connectivity index (χ2n) is 7.28. The standard InChI is InChI=1S/C15H25BN2O6S2/c1-14(2)15(3,4)24-16(23-14)12-6-8-13(9-7-12)26(21,22)18-10-5-11-25(17,19)20/h6-9,18H,5,10-11H2,1-4H3,(H2,17,19,20). The van der Waals surface area contributed by atoms with Crippen molar-refractivity contribution >= 4 is 32.6 Å². The topological polar surface area (TPSA) is 125 Å². The van der Waals surface area contributed by atoms with Crippen molar-refractivity contribution in [3.8, 4) is 0 Å². The van der Waals surface area contributed by atoms with E-state index >= 15 is 0 Å². The monoisotopic (exact) mass is 404 g/mol. The fraction of sp³-hybridized carbons (Fsp3) is 0.600. The number of hydrogen-bond acceptors (Lipinski definition) is 6. The maximum absolute atomic E-state index is 12.2. The van der Waals surface area contributed by atoms with Crippen LogP contribution in [0.25, 0.3) is 0 Å². The number of rotatable bonds is 7. The molecule has 1 aliphatic heterocycles. The van der Waals surface area contributed by atoms with E-state index in [0.717, 1.165) is 5.46 Å². The third-order valence-electron chi connectivity index (χ3n) is 4.61. The van der Waals surface area contributed by atoms with Gasteiger partial charge in [0.25, 0.3) is 0 Å². The van der Waals surface area contributed by atoms with Crippen molar-refractivity contribution in [1.82, 2.24) is 4.72 Å². The summed E-state index contributed by atoms with van der Waals surface area (Å²) in [5, 5.41) is 4.88. The van der Waals surface area contributed by atoms with E-state index in [0.29, 0.717) is 0 Å². The first-order valence-corrected chi connectivity index (χ1v) is 11.4. The lowest BCUT2D eigenvalue weighted by atomic mass is 9.79. The zero-order chi connectivity index (χ0) is 19.8. The highest BCUT2D eigenvalue weighted by molar-refractivity contribution is 7.89. The molecule has 0 aliphatic carbocycles. The van der Waals surface area contributed by atoms with Crippen molar-refractivity contribution in [1.29, 1.82) is 0 Å². The van der Waals surface area contributed by atoms with Gasteiger partial charge in [-0.3, -0.25) is 0 Å². The second-order valence-corrected chi connectivity index (χ2v) is 10.8. The summed E-state index contributed by atoms with van der Waals surface area (Å²) < 4.78 is 60.4. The van der Waals surface area contributed by atoms with Crippen LogP contribution >= 0.6 is 0 Å². The molecule has 146 valence electrons. The Kier molecular flexibility index (Phi) is 5.92. The number of primary sulfonamides is 1. The highest BCUT2D eigenvalue weighted by atomic mass is 32.2. The Labute approximate surface area is 155 Å². The van der Waals surface area contributed by atoms with E-state index in [-0.39, 0.29) is 23.6 Å². The van der Waals surface area contributed by atoms with Crippen LogP contribution in [0.4, 0.5) is 0 Å². The van der Waals surface area contributed by atoms with Gasteiger partial charge in [0.15, 0.2) is 0 Å². The van der Waals surface area contributed by atoms with Crippen LogP contribution in [0.15, 0.2) is 29.2 Å². The van der Waals surface area contributed by atoms with E-state index in [2.05, 4.69) is 4.72 Å². The Hall–Kier alpha value is -0.975. The van der Waals surface area contributed by atoms with Gasteiger partial charge in [-0.15, -0.1) is 0 Å². The van der Waals surface area contributed by atoms with Crippen LogP contribution in [0, 0.1) is 0 Å². The normalized spacial score (nSPS) is 19.7. The van der Waals surface area contributed by atoms with Gasteiger partial charge in [0.2, 0.25) is 20.0 Å². The lowest BCUT2D eigenvalue weighted by Gasteiger charge is -2.32. The summed E-state index contributed by atoms with van der Waals surface area (Å²) in [6.45, 7) is 7.75. The minimum atomic E-state index is -3.73. The Balaban J connectivity index is 2.03. The molecular weight excluding hydrogens is 379 g/mol. The molecule has 3 N–H and O–H groups in total. The number of nitrogens with one attached hydrogen (secondary N) is 1. The van der Waals surface area contributed by atoms with Crippen LogP contribution in [0.5, 0.6) is 0 Å². The van der Waals surface area contributed by atoms with Crippen LogP contribution in [-0.2, 0) is 29.4 Å². The molecule has 8 nitrogen and oxygen atoms in total. The average molecular weight is 404 g/mol.